The number of sulfone groups is 1. The summed E-state index contributed by atoms with van der Waals surface area (Å²) in [6.07, 6.45) is 2.80. The molecule has 0 unspecified atom stereocenters. The number of carbonyl (C=O) groups excluding carboxylic acids is 1. The van der Waals surface area contributed by atoms with E-state index in [9.17, 15) is 13.2 Å². The van der Waals surface area contributed by atoms with Crippen LogP contribution < -0.4 is 5.32 Å². The van der Waals surface area contributed by atoms with Gasteiger partial charge >= 0.3 is 0 Å². The first-order valence-corrected chi connectivity index (χ1v) is 8.91. The summed E-state index contributed by atoms with van der Waals surface area (Å²) in [5.41, 5.74) is 2.25. The summed E-state index contributed by atoms with van der Waals surface area (Å²) in [4.78, 5) is 12.1. The maximum absolute atomic E-state index is 12.1. The molecule has 4 nitrogen and oxygen atoms in total. The van der Waals surface area contributed by atoms with E-state index in [1.807, 2.05) is 20.8 Å². The zero-order valence-electron chi connectivity index (χ0n) is 12.6. The highest BCUT2D eigenvalue weighted by atomic mass is 32.2. The van der Waals surface area contributed by atoms with Crippen LogP contribution in [0, 0.1) is 12.8 Å². The van der Waals surface area contributed by atoms with Crippen LogP contribution in [0.15, 0.2) is 18.2 Å². The van der Waals surface area contributed by atoms with Crippen LogP contribution in [-0.2, 0) is 20.4 Å². The Hall–Kier alpha value is -1.36. The normalized spacial score (nSPS) is 11.7. The summed E-state index contributed by atoms with van der Waals surface area (Å²) >= 11 is 0. The molecular formula is C15H23NO3S. The molecule has 20 heavy (non-hydrogen) atoms. The number of rotatable bonds is 6. The van der Waals surface area contributed by atoms with E-state index in [1.54, 1.807) is 18.2 Å². The Morgan fingerprint density at radius 2 is 1.85 bits per heavy atom. The molecule has 0 saturated carbocycles. The summed E-state index contributed by atoms with van der Waals surface area (Å²) in [6, 6.07) is 5.36. The second-order valence-electron chi connectivity index (χ2n) is 5.16. The van der Waals surface area contributed by atoms with Crippen molar-refractivity contribution >= 4 is 21.4 Å². The third-order valence-corrected chi connectivity index (χ3v) is 4.31. The molecule has 0 heterocycles. The fourth-order valence-corrected chi connectivity index (χ4v) is 3.03. The zero-order chi connectivity index (χ0) is 15.3. The van der Waals surface area contributed by atoms with Gasteiger partial charge in [0.1, 0.15) is 0 Å². The van der Waals surface area contributed by atoms with Crippen LogP contribution in [-0.4, -0.2) is 20.6 Å². The van der Waals surface area contributed by atoms with Crippen molar-refractivity contribution in [3.63, 3.8) is 0 Å². The Kier molecular flexibility index (Phi) is 5.74. The minimum Gasteiger partial charge on any atom is -0.326 e. The highest BCUT2D eigenvalue weighted by Crippen LogP contribution is 2.22. The number of nitrogens with one attached hydrogen (secondary N) is 1. The molecule has 0 spiro atoms. The number of amides is 1. The van der Waals surface area contributed by atoms with Gasteiger partial charge in [-0.1, -0.05) is 26.0 Å². The summed E-state index contributed by atoms with van der Waals surface area (Å²) in [5.74, 6) is -0.0179. The second-order valence-corrected chi connectivity index (χ2v) is 7.30. The van der Waals surface area contributed by atoms with Gasteiger partial charge in [-0.05, 0) is 37.0 Å². The van der Waals surface area contributed by atoms with Crippen LogP contribution in [0.5, 0.6) is 0 Å². The van der Waals surface area contributed by atoms with Crippen molar-refractivity contribution in [2.45, 2.75) is 39.4 Å². The van der Waals surface area contributed by atoms with E-state index < -0.39 is 9.84 Å². The first-order valence-electron chi connectivity index (χ1n) is 6.85. The lowest BCUT2D eigenvalue weighted by atomic mass is 10.0. The Bertz CT molecular complexity index is 575. The van der Waals surface area contributed by atoms with Crippen LogP contribution in [0.2, 0.25) is 0 Å². The maximum Gasteiger partial charge on any atom is 0.227 e. The average molecular weight is 297 g/mol. The Morgan fingerprint density at radius 3 is 2.35 bits per heavy atom. The number of carbonyl (C=O) groups is 1. The van der Waals surface area contributed by atoms with Crippen LogP contribution in [0.25, 0.3) is 0 Å². The van der Waals surface area contributed by atoms with Crippen LogP contribution in [0.4, 0.5) is 5.69 Å². The van der Waals surface area contributed by atoms with Gasteiger partial charge in [0.05, 0.1) is 5.75 Å². The predicted octanol–water partition coefficient (Wildman–Crippen LogP) is 2.91. The molecule has 1 aromatic rings. The van der Waals surface area contributed by atoms with Crippen LogP contribution in [0.1, 0.15) is 37.8 Å². The Labute approximate surface area is 121 Å². The zero-order valence-corrected chi connectivity index (χ0v) is 13.4. The van der Waals surface area contributed by atoms with E-state index in [0.29, 0.717) is 5.69 Å². The van der Waals surface area contributed by atoms with Gasteiger partial charge in [-0.25, -0.2) is 8.42 Å². The fraction of sp³-hybridized carbons (Fsp3) is 0.533. The lowest BCUT2D eigenvalue weighted by molar-refractivity contribution is -0.120. The predicted molar refractivity (Wildman–Crippen MR) is 82.4 cm³/mol. The van der Waals surface area contributed by atoms with Crippen molar-refractivity contribution in [1.82, 2.24) is 0 Å². The smallest absolute Gasteiger partial charge is 0.227 e. The maximum atomic E-state index is 12.1. The minimum absolute atomic E-state index is 0.00499. The summed E-state index contributed by atoms with van der Waals surface area (Å²) < 4.78 is 22.8. The van der Waals surface area contributed by atoms with Crippen molar-refractivity contribution in [2.24, 2.45) is 5.92 Å². The number of benzene rings is 1. The third kappa shape index (κ3) is 4.63. The van der Waals surface area contributed by atoms with Gasteiger partial charge in [0, 0.05) is 17.9 Å². The molecule has 0 fully saturated rings. The van der Waals surface area contributed by atoms with Crippen molar-refractivity contribution in [3.05, 3.63) is 29.3 Å². The van der Waals surface area contributed by atoms with Crippen LogP contribution in [0.3, 0.4) is 0 Å². The first kappa shape index (κ1) is 16.7. The van der Waals surface area contributed by atoms with Gasteiger partial charge in [0.25, 0.3) is 0 Å². The Balaban J connectivity index is 2.98. The fourth-order valence-electron chi connectivity index (χ4n) is 2.15. The number of anilines is 1. The molecule has 5 heteroatoms. The molecule has 0 aliphatic carbocycles. The van der Waals surface area contributed by atoms with E-state index in [-0.39, 0.29) is 17.6 Å². The first-order chi connectivity index (χ1) is 9.28. The highest BCUT2D eigenvalue weighted by Gasteiger charge is 2.16. The lowest BCUT2D eigenvalue weighted by Crippen LogP contribution is -2.22. The third-order valence-electron chi connectivity index (χ3n) is 3.48. The summed E-state index contributed by atoms with van der Waals surface area (Å²) in [5, 5.41) is 2.90. The summed E-state index contributed by atoms with van der Waals surface area (Å²) in [6.45, 7) is 5.81. The molecule has 0 aliphatic heterocycles. The molecule has 0 aliphatic rings. The minimum atomic E-state index is -3.08. The van der Waals surface area contributed by atoms with E-state index in [1.165, 1.54) is 6.26 Å². The number of hydrogen-bond donors (Lipinski definition) is 1. The summed E-state index contributed by atoms with van der Waals surface area (Å²) in [7, 11) is -3.08. The molecule has 1 aromatic carbocycles. The van der Waals surface area contributed by atoms with E-state index in [0.717, 1.165) is 24.0 Å². The quantitative estimate of drug-likeness (QED) is 0.878. The molecule has 0 aromatic heterocycles. The monoisotopic (exact) mass is 297 g/mol. The van der Waals surface area contributed by atoms with E-state index in [2.05, 4.69) is 5.32 Å². The molecule has 1 rings (SSSR count). The molecule has 0 atom stereocenters. The van der Waals surface area contributed by atoms with Gasteiger partial charge in [0.2, 0.25) is 5.91 Å². The van der Waals surface area contributed by atoms with E-state index >= 15 is 0 Å². The molecule has 112 valence electrons. The Morgan fingerprint density at radius 1 is 1.25 bits per heavy atom. The lowest BCUT2D eigenvalue weighted by Gasteiger charge is -2.16. The molecular weight excluding hydrogens is 274 g/mol. The second kappa shape index (κ2) is 6.88. The average Bonchev–Trinajstić information content (AvgIpc) is 2.34. The van der Waals surface area contributed by atoms with Crippen molar-refractivity contribution < 1.29 is 13.2 Å². The molecule has 0 bridgehead atoms. The van der Waals surface area contributed by atoms with E-state index in [4.69, 9.17) is 0 Å². The SMILES string of the molecule is CCC(CC)C(=O)Nc1cccc(CS(C)(=O)=O)c1C. The van der Waals surface area contributed by atoms with Gasteiger partial charge < -0.3 is 5.32 Å². The van der Waals surface area contributed by atoms with Gasteiger partial charge in [-0.15, -0.1) is 0 Å². The van der Waals surface area contributed by atoms with Crippen molar-refractivity contribution in [3.8, 4) is 0 Å². The molecule has 1 N–H and O–H groups in total. The molecule has 0 radical (unpaired) electrons. The van der Waals surface area contributed by atoms with Gasteiger partial charge in [-0.3, -0.25) is 4.79 Å². The van der Waals surface area contributed by atoms with Crippen molar-refractivity contribution in [2.75, 3.05) is 11.6 Å². The molecule has 0 saturated heterocycles. The largest absolute Gasteiger partial charge is 0.326 e. The highest BCUT2D eigenvalue weighted by molar-refractivity contribution is 7.89. The molecule has 1 amide bonds. The topological polar surface area (TPSA) is 63.2 Å². The standard InChI is InChI=1S/C15H23NO3S/c1-5-12(6-2)15(17)16-14-9-7-8-13(11(14)3)10-20(4,18)19/h7-9,12H,5-6,10H2,1-4H3,(H,16,17). The van der Waals surface area contributed by atoms with Crippen molar-refractivity contribution in [1.29, 1.82) is 0 Å². The van der Waals surface area contributed by atoms with Crippen LogP contribution >= 0.6 is 0 Å². The van der Waals surface area contributed by atoms with Gasteiger partial charge in [-0.2, -0.15) is 0 Å². The van der Waals surface area contributed by atoms with Gasteiger partial charge in [0.15, 0.2) is 9.84 Å². The number of hydrogen-bond acceptors (Lipinski definition) is 3.